The van der Waals surface area contributed by atoms with Gasteiger partial charge in [-0.3, -0.25) is 4.79 Å². The van der Waals surface area contributed by atoms with Gasteiger partial charge in [0.1, 0.15) is 11.3 Å². The number of amides is 1. The number of ether oxygens (including phenoxy) is 1. The molecule has 1 aliphatic rings. The largest absolute Gasteiger partial charge is 0.494 e. The molecule has 1 aliphatic heterocycles. The van der Waals surface area contributed by atoms with Gasteiger partial charge in [-0.05, 0) is 55.6 Å². The molecule has 1 fully saturated rings. The molecular weight excluding hydrogens is 402 g/mol. The van der Waals surface area contributed by atoms with Gasteiger partial charge < -0.3 is 19.9 Å². The van der Waals surface area contributed by atoms with Gasteiger partial charge in [-0.25, -0.2) is 4.98 Å². The second-order valence-electron chi connectivity index (χ2n) is 7.27. The van der Waals surface area contributed by atoms with Crippen LogP contribution in [0.1, 0.15) is 40.2 Å². The Bertz CT molecular complexity index is 1110. The van der Waals surface area contributed by atoms with Crippen molar-refractivity contribution in [2.75, 3.05) is 25.5 Å². The van der Waals surface area contributed by atoms with E-state index in [1.54, 1.807) is 37.6 Å². The number of benzene rings is 1. The molecule has 0 unspecified atom stereocenters. The highest BCUT2D eigenvalue weighted by Gasteiger charge is 2.24. The summed E-state index contributed by atoms with van der Waals surface area (Å²) in [5, 5.41) is 16.3. The molecule has 3 aromatic rings. The lowest BCUT2D eigenvalue weighted by Crippen LogP contribution is -2.26. The van der Waals surface area contributed by atoms with Gasteiger partial charge in [0, 0.05) is 18.8 Å². The molecule has 2 N–H and O–H groups in total. The molecule has 7 nitrogen and oxygen atoms in total. The van der Waals surface area contributed by atoms with Gasteiger partial charge in [-0.2, -0.15) is 5.26 Å². The molecule has 1 amide bonds. The fourth-order valence-corrected chi connectivity index (χ4v) is 4.02. The van der Waals surface area contributed by atoms with Crippen LogP contribution in [0.3, 0.4) is 0 Å². The highest BCUT2D eigenvalue weighted by atomic mass is 35.5. The number of halogens is 1. The van der Waals surface area contributed by atoms with Crippen molar-refractivity contribution in [2.45, 2.75) is 18.8 Å². The minimum atomic E-state index is -0.305. The van der Waals surface area contributed by atoms with Gasteiger partial charge in [0.25, 0.3) is 5.91 Å². The van der Waals surface area contributed by atoms with Crippen molar-refractivity contribution in [1.82, 2.24) is 14.9 Å². The van der Waals surface area contributed by atoms with Crippen LogP contribution in [-0.4, -0.2) is 35.7 Å². The number of aryl methyl sites for hydroxylation is 1. The Morgan fingerprint density at radius 2 is 2.13 bits per heavy atom. The summed E-state index contributed by atoms with van der Waals surface area (Å²) < 4.78 is 7.76. The van der Waals surface area contributed by atoms with Crippen LogP contribution in [0.5, 0.6) is 5.75 Å². The predicted octanol–water partition coefficient (Wildman–Crippen LogP) is 3.59. The number of fused-ring (bicyclic) bond motifs is 1. The van der Waals surface area contributed by atoms with Crippen molar-refractivity contribution in [3.05, 3.63) is 53.3 Å². The lowest BCUT2D eigenvalue weighted by Gasteiger charge is -2.23. The summed E-state index contributed by atoms with van der Waals surface area (Å²) in [4.78, 5) is 17.3. The van der Waals surface area contributed by atoms with Gasteiger partial charge in [0.15, 0.2) is 5.75 Å². The Labute approximate surface area is 181 Å². The molecule has 1 aromatic carbocycles. The van der Waals surface area contributed by atoms with E-state index in [-0.39, 0.29) is 18.3 Å². The predicted molar refractivity (Wildman–Crippen MR) is 118 cm³/mol. The maximum atomic E-state index is 12.8. The summed E-state index contributed by atoms with van der Waals surface area (Å²) >= 11 is 0. The average molecular weight is 426 g/mol. The quantitative estimate of drug-likeness (QED) is 0.666. The zero-order chi connectivity index (χ0) is 20.4. The summed E-state index contributed by atoms with van der Waals surface area (Å²) in [6.45, 7) is 1.98. The third-order valence-corrected chi connectivity index (χ3v) is 5.45. The molecule has 4 rings (SSSR count). The number of anilines is 1. The molecule has 156 valence electrons. The molecule has 1 saturated heterocycles. The summed E-state index contributed by atoms with van der Waals surface area (Å²) in [5.41, 5.74) is 3.41. The van der Waals surface area contributed by atoms with E-state index in [4.69, 9.17) is 10.00 Å². The van der Waals surface area contributed by atoms with E-state index in [9.17, 15) is 4.79 Å². The summed E-state index contributed by atoms with van der Waals surface area (Å²) in [6.07, 6.45) is 5.86. The van der Waals surface area contributed by atoms with Crippen molar-refractivity contribution in [3.8, 4) is 11.8 Å². The number of piperidine rings is 1. The number of carbonyl (C=O) groups is 1. The van der Waals surface area contributed by atoms with Crippen molar-refractivity contribution in [3.63, 3.8) is 0 Å². The zero-order valence-electron chi connectivity index (χ0n) is 16.9. The number of methoxy groups -OCH3 is 1. The Morgan fingerprint density at radius 1 is 1.37 bits per heavy atom. The number of nitrogens with one attached hydrogen (secondary N) is 2. The smallest absolute Gasteiger partial charge is 0.255 e. The van der Waals surface area contributed by atoms with E-state index in [0.29, 0.717) is 28.5 Å². The monoisotopic (exact) mass is 425 g/mol. The first-order chi connectivity index (χ1) is 14.1. The topological polar surface area (TPSA) is 92.0 Å². The van der Waals surface area contributed by atoms with Crippen LogP contribution in [0.25, 0.3) is 11.0 Å². The minimum Gasteiger partial charge on any atom is -0.494 e. The van der Waals surface area contributed by atoms with Crippen molar-refractivity contribution < 1.29 is 9.53 Å². The fourth-order valence-electron chi connectivity index (χ4n) is 4.02. The average Bonchev–Trinajstić information content (AvgIpc) is 3.11. The normalized spacial score (nSPS) is 14.0. The maximum Gasteiger partial charge on any atom is 0.255 e. The second kappa shape index (κ2) is 9.16. The summed E-state index contributed by atoms with van der Waals surface area (Å²) in [7, 11) is 3.59. The van der Waals surface area contributed by atoms with Crippen molar-refractivity contribution in [2.24, 2.45) is 7.05 Å². The number of nitrogens with zero attached hydrogens (tertiary/aromatic N) is 3. The van der Waals surface area contributed by atoms with Crippen molar-refractivity contribution in [1.29, 1.82) is 5.26 Å². The zero-order valence-corrected chi connectivity index (χ0v) is 17.8. The standard InChI is InChI=1S/C22H23N5O2.ClH/c1-27-13-17(15-6-8-24-9-7-15)19-20(29-2)18(12-25-21(19)27)26-22(28)16-5-3-4-14(10-16)11-23;/h3-5,10,12-13,15,24H,6-9H2,1-2H3,(H,26,28);1H. The molecule has 0 bridgehead atoms. The van der Waals surface area contributed by atoms with Crippen LogP contribution in [-0.2, 0) is 7.05 Å². The number of nitriles is 1. The van der Waals surface area contributed by atoms with Gasteiger partial charge in [-0.15, -0.1) is 12.4 Å². The minimum absolute atomic E-state index is 0. The third kappa shape index (κ3) is 3.97. The summed E-state index contributed by atoms with van der Waals surface area (Å²) in [6, 6.07) is 8.66. The Hall–Kier alpha value is -3.08. The number of carbonyl (C=O) groups excluding carboxylic acids is 1. The van der Waals surface area contributed by atoms with E-state index < -0.39 is 0 Å². The van der Waals surface area contributed by atoms with Gasteiger partial charge in [0.05, 0.1) is 30.3 Å². The Kier molecular flexibility index (Phi) is 6.60. The van der Waals surface area contributed by atoms with Crippen LogP contribution >= 0.6 is 12.4 Å². The van der Waals surface area contributed by atoms with E-state index in [1.807, 2.05) is 11.6 Å². The first-order valence-corrected chi connectivity index (χ1v) is 9.66. The lowest BCUT2D eigenvalue weighted by atomic mass is 9.90. The molecule has 2 aromatic heterocycles. The Morgan fingerprint density at radius 3 is 2.83 bits per heavy atom. The molecule has 0 saturated carbocycles. The number of hydrogen-bond acceptors (Lipinski definition) is 5. The van der Waals surface area contributed by atoms with Crippen LogP contribution in [0, 0.1) is 11.3 Å². The molecule has 0 aliphatic carbocycles. The first kappa shape index (κ1) is 21.6. The number of rotatable bonds is 4. The molecule has 0 radical (unpaired) electrons. The number of hydrogen-bond donors (Lipinski definition) is 2. The molecule has 0 atom stereocenters. The first-order valence-electron chi connectivity index (χ1n) is 9.66. The number of pyridine rings is 1. The number of aromatic nitrogens is 2. The lowest BCUT2D eigenvalue weighted by molar-refractivity contribution is 0.102. The van der Waals surface area contributed by atoms with Crippen LogP contribution in [0.15, 0.2) is 36.7 Å². The van der Waals surface area contributed by atoms with E-state index in [2.05, 4.69) is 27.9 Å². The van der Waals surface area contributed by atoms with E-state index in [0.717, 1.165) is 37.0 Å². The molecular formula is C22H24ClN5O2. The molecule has 30 heavy (non-hydrogen) atoms. The van der Waals surface area contributed by atoms with E-state index >= 15 is 0 Å². The molecule has 3 heterocycles. The van der Waals surface area contributed by atoms with Gasteiger partial charge in [0.2, 0.25) is 0 Å². The van der Waals surface area contributed by atoms with Crippen LogP contribution in [0.4, 0.5) is 5.69 Å². The molecule has 8 heteroatoms. The second-order valence-corrected chi connectivity index (χ2v) is 7.27. The fraction of sp³-hybridized carbons (Fsp3) is 0.318. The highest BCUT2D eigenvalue weighted by Crippen LogP contribution is 2.40. The van der Waals surface area contributed by atoms with Crippen LogP contribution in [0.2, 0.25) is 0 Å². The van der Waals surface area contributed by atoms with Gasteiger partial charge in [-0.1, -0.05) is 6.07 Å². The van der Waals surface area contributed by atoms with Crippen molar-refractivity contribution >= 4 is 35.0 Å². The van der Waals surface area contributed by atoms with Gasteiger partial charge >= 0.3 is 0 Å². The maximum absolute atomic E-state index is 12.8. The Balaban J connectivity index is 0.00000256. The summed E-state index contributed by atoms with van der Waals surface area (Å²) in [5.74, 6) is 0.740. The van der Waals surface area contributed by atoms with E-state index in [1.165, 1.54) is 5.56 Å². The molecule has 0 spiro atoms. The highest BCUT2D eigenvalue weighted by molar-refractivity contribution is 6.07. The van der Waals surface area contributed by atoms with Crippen LogP contribution < -0.4 is 15.4 Å². The third-order valence-electron chi connectivity index (χ3n) is 5.45. The SMILES string of the molecule is COc1c(NC(=O)c2cccc(C#N)c2)cnc2c1c(C1CCNCC1)cn2C.Cl.